The van der Waals surface area contributed by atoms with Crippen molar-refractivity contribution in [2.75, 3.05) is 19.8 Å². The minimum absolute atomic E-state index is 0.0823. The van der Waals surface area contributed by atoms with Crippen molar-refractivity contribution >= 4 is 6.03 Å². The molecule has 1 aliphatic carbocycles. The van der Waals surface area contributed by atoms with E-state index in [2.05, 4.69) is 17.4 Å². The summed E-state index contributed by atoms with van der Waals surface area (Å²) in [5.74, 6) is 0. The lowest BCUT2D eigenvalue weighted by Crippen LogP contribution is -2.48. The zero-order chi connectivity index (χ0) is 13.8. The largest absolute Gasteiger partial charge is 0.379 e. The number of hydrogen-bond acceptors (Lipinski definition) is 2. The lowest BCUT2D eigenvalue weighted by molar-refractivity contribution is 0.146. The lowest BCUT2D eigenvalue weighted by atomic mass is 10.1. The van der Waals surface area contributed by atoms with Crippen LogP contribution in [0.25, 0.3) is 0 Å². The van der Waals surface area contributed by atoms with E-state index >= 15 is 0 Å². The number of benzene rings is 1. The fourth-order valence-electron chi connectivity index (χ4n) is 2.60. The average molecular weight is 274 g/mol. The molecule has 1 heterocycles. The Labute approximate surface area is 120 Å². The molecule has 1 aliphatic heterocycles. The van der Waals surface area contributed by atoms with Crippen molar-refractivity contribution < 1.29 is 9.53 Å². The second kappa shape index (κ2) is 6.27. The Bertz CT molecular complexity index is 439. The van der Waals surface area contributed by atoms with Crippen LogP contribution in [0.3, 0.4) is 0 Å². The second-order valence-corrected chi connectivity index (χ2v) is 5.67. The molecule has 3 rings (SSSR count). The van der Waals surface area contributed by atoms with Gasteiger partial charge in [0, 0.05) is 19.2 Å². The molecule has 2 amide bonds. The highest BCUT2D eigenvalue weighted by molar-refractivity contribution is 5.75. The van der Waals surface area contributed by atoms with Gasteiger partial charge in [-0.05, 0) is 31.2 Å². The molecular weight excluding hydrogens is 252 g/mol. The van der Waals surface area contributed by atoms with Crippen LogP contribution in [0.2, 0.25) is 0 Å². The summed E-state index contributed by atoms with van der Waals surface area (Å²) in [6.45, 7) is 2.20. The third-order valence-electron chi connectivity index (χ3n) is 4.00. The molecule has 2 aliphatic rings. The van der Waals surface area contributed by atoms with Crippen molar-refractivity contribution in [3.8, 4) is 0 Å². The molecule has 1 saturated heterocycles. The molecule has 0 bridgehead atoms. The molecule has 1 saturated carbocycles. The summed E-state index contributed by atoms with van der Waals surface area (Å²) in [5, 5.41) is 3.10. The third kappa shape index (κ3) is 3.51. The highest BCUT2D eigenvalue weighted by Crippen LogP contribution is 2.20. The molecule has 4 nitrogen and oxygen atoms in total. The van der Waals surface area contributed by atoms with E-state index < -0.39 is 0 Å². The molecular formula is C16H22N2O2. The van der Waals surface area contributed by atoms with E-state index in [-0.39, 0.29) is 12.1 Å². The maximum Gasteiger partial charge on any atom is 0.317 e. The highest BCUT2D eigenvalue weighted by atomic mass is 16.5. The van der Waals surface area contributed by atoms with Gasteiger partial charge in [0.1, 0.15) is 0 Å². The predicted octanol–water partition coefficient (Wildman–Crippen LogP) is 2.19. The van der Waals surface area contributed by atoms with E-state index in [0.29, 0.717) is 12.6 Å². The minimum atomic E-state index is 0.0823. The van der Waals surface area contributed by atoms with Crippen molar-refractivity contribution in [3.05, 3.63) is 35.9 Å². The number of carbonyl (C=O) groups is 1. The van der Waals surface area contributed by atoms with Crippen LogP contribution < -0.4 is 5.32 Å². The summed E-state index contributed by atoms with van der Waals surface area (Å²) in [6, 6.07) is 11.1. The van der Waals surface area contributed by atoms with Crippen molar-refractivity contribution in [1.82, 2.24) is 10.2 Å². The summed E-state index contributed by atoms with van der Waals surface area (Å²) >= 11 is 0. The molecule has 1 aromatic carbocycles. The third-order valence-corrected chi connectivity index (χ3v) is 4.00. The van der Waals surface area contributed by atoms with Crippen molar-refractivity contribution in [2.45, 2.75) is 37.8 Å². The molecule has 1 atom stereocenters. The van der Waals surface area contributed by atoms with E-state index in [0.717, 1.165) is 38.8 Å². The van der Waals surface area contributed by atoms with Crippen LogP contribution in [0.5, 0.6) is 0 Å². The number of carbonyl (C=O) groups excluding carboxylic acids is 1. The molecule has 2 fully saturated rings. The Kier molecular flexibility index (Phi) is 4.21. The Morgan fingerprint density at radius 1 is 1.25 bits per heavy atom. The van der Waals surface area contributed by atoms with Gasteiger partial charge in [-0.15, -0.1) is 0 Å². The van der Waals surface area contributed by atoms with E-state index in [9.17, 15) is 4.79 Å². The molecule has 0 unspecified atom stereocenters. The number of nitrogens with one attached hydrogen (secondary N) is 1. The SMILES string of the molecule is O=C(NC1CC1)N(CCc1ccccc1)[C@H]1CCOC1. The van der Waals surface area contributed by atoms with Crippen LogP contribution in [-0.4, -0.2) is 42.8 Å². The van der Waals surface area contributed by atoms with Crippen LogP contribution in [0.15, 0.2) is 30.3 Å². The average Bonchev–Trinajstić information content (AvgIpc) is 3.12. The maximum absolute atomic E-state index is 12.4. The topological polar surface area (TPSA) is 41.6 Å². The zero-order valence-electron chi connectivity index (χ0n) is 11.8. The fourth-order valence-corrected chi connectivity index (χ4v) is 2.60. The summed E-state index contributed by atoms with van der Waals surface area (Å²) in [7, 11) is 0. The van der Waals surface area contributed by atoms with Crippen LogP contribution in [0.1, 0.15) is 24.8 Å². The predicted molar refractivity (Wildman–Crippen MR) is 77.6 cm³/mol. The van der Waals surface area contributed by atoms with E-state index in [1.54, 1.807) is 0 Å². The molecule has 1 aromatic rings. The Morgan fingerprint density at radius 3 is 2.70 bits per heavy atom. The lowest BCUT2D eigenvalue weighted by Gasteiger charge is -2.28. The van der Waals surface area contributed by atoms with E-state index in [1.165, 1.54) is 5.56 Å². The van der Waals surface area contributed by atoms with Gasteiger partial charge in [-0.3, -0.25) is 0 Å². The highest BCUT2D eigenvalue weighted by Gasteiger charge is 2.31. The van der Waals surface area contributed by atoms with Crippen molar-refractivity contribution in [3.63, 3.8) is 0 Å². The van der Waals surface area contributed by atoms with Gasteiger partial charge >= 0.3 is 6.03 Å². The summed E-state index contributed by atoms with van der Waals surface area (Å²) in [5.41, 5.74) is 1.27. The zero-order valence-corrected chi connectivity index (χ0v) is 11.8. The second-order valence-electron chi connectivity index (χ2n) is 5.67. The molecule has 0 spiro atoms. The molecule has 0 radical (unpaired) electrons. The first kappa shape index (κ1) is 13.4. The molecule has 108 valence electrons. The van der Waals surface area contributed by atoms with Gasteiger partial charge in [-0.1, -0.05) is 30.3 Å². The molecule has 1 N–H and O–H groups in total. The molecule has 0 aromatic heterocycles. The first-order chi connectivity index (χ1) is 9.83. The van der Waals surface area contributed by atoms with Crippen LogP contribution in [0, 0.1) is 0 Å². The molecule has 4 heteroatoms. The number of rotatable bonds is 5. The number of amides is 2. The minimum Gasteiger partial charge on any atom is -0.379 e. The van der Waals surface area contributed by atoms with Crippen molar-refractivity contribution in [1.29, 1.82) is 0 Å². The fraction of sp³-hybridized carbons (Fsp3) is 0.562. The van der Waals surface area contributed by atoms with Crippen LogP contribution in [0.4, 0.5) is 4.79 Å². The van der Waals surface area contributed by atoms with Crippen LogP contribution in [-0.2, 0) is 11.2 Å². The summed E-state index contributed by atoms with van der Waals surface area (Å²) in [4.78, 5) is 14.3. The van der Waals surface area contributed by atoms with Crippen molar-refractivity contribution in [2.24, 2.45) is 0 Å². The first-order valence-corrected chi connectivity index (χ1v) is 7.52. The normalized spacial score (nSPS) is 21.7. The van der Waals surface area contributed by atoms with E-state index in [4.69, 9.17) is 4.74 Å². The van der Waals surface area contributed by atoms with Gasteiger partial charge in [0.25, 0.3) is 0 Å². The maximum atomic E-state index is 12.4. The number of urea groups is 1. The van der Waals surface area contributed by atoms with Gasteiger partial charge in [0.05, 0.1) is 12.6 Å². The first-order valence-electron chi connectivity index (χ1n) is 7.52. The number of hydrogen-bond donors (Lipinski definition) is 1. The van der Waals surface area contributed by atoms with E-state index in [1.807, 2.05) is 23.1 Å². The van der Waals surface area contributed by atoms with Gasteiger partial charge < -0.3 is 15.0 Å². The van der Waals surface area contributed by atoms with Gasteiger partial charge in [-0.2, -0.15) is 0 Å². The smallest absolute Gasteiger partial charge is 0.317 e. The molecule has 20 heavy (non-hydrogen) atoms. The quantitative estimate of drug-likeness (QED) is 0.894. The number of ether oxygens (including phenoxy) is 1. The monoisotopic (exact) mass is 274 g/mol. The summed E-state index contributed by atoms with van der Waals surface area (Å²) in [6.07, 6.45) is 4.10. The van der Waals surface area contributed by atoms with Gasteiger partial charge in [0.2, 0.25) is 0 Å². The Morgan fingerprint density at radius 2 is 2.05 bits per heavy atom. The Hall–Kier alpha value is -1.55. The Balaban J connectivity index is 1.60. The summed E-state index contributed by atoms with van der Waals surface area (Å²) < 4.78 is 5.44. The number of nitrogens with zero attached hydrogens (tertiary/aromatic N) is 1. The standard InChI is InChI=1S/C16H22N2O2/c19-16(17-14-6-7-14)18(15-9-11-20-12-15)10-8-13-4-2-1-3-5-13/h1-5,14-15H,6-12H2,(H,17,19)/t15-/m0/s1. The van der Waals surface area contributed by atoms with Gasteiger partial charge in [0.15, 0.2) is 0 Å². The van der Waals surface area contributed by atoms with Crippen LogP contribution >= 0.6 is 0 Å². The van der Waals surface area contributed by atoms with Gasteiger partial charge in [-0.25, -0.2) is 4.79 Å².